The number of benzene rings is 1. The summed E-state index contributed by atoms with van der Waals surface area (Å²) in [6.07, 6.45) is 2.07. The SMILES string of the molecule is CC(C)CN(C(=O)CO/N=C\c1ccc(C(C)C)cc1)[C@@H]1CCS(=O)(=O)C1. The van der Waals surface area contributed by atoms with Gasteiger partial charge in [0, 0.05) is 12.6 Å². The van der Waals surface area contributed by atoms with E-state index in [4.69, 9.17) is 4.84 Å². The molecule has 0 aromatic heterocycles. The van der Waals surface area contributed by atoms with Crippen LogP contribution in [0.2, 0.25) is 0 Å². The zero-order chi connectivity index (χ0) is 20.0. The van der Waals surface area contributed by atoms with Crippen LogP contribution < -0.4 is 0 Å². The summed E-state index contributed by atoms with van der Waals surface area (Å²) in [5.74, 6) is 0.677. The highest BCUT2D eigenvalue weighted by Crippen LogP contribution is 2.19. The molecule has 27 heavy (non-hydrogen) atoms. The number of carbonyl (C=O) groups is 1. The molecule has 0 N–H and O–H groups in total. The molecule has 1 fully saturated rings. The van der Waals surface area contributed by atoms with E-state index in [-0.39, 0.29) is 36.0 Å². The van der Waals surface area contributed by atoms with E-state index in [0.29, 0.717) is 18.9 Å². The summed E-state index contributed by atoms with van der Waals surface area (Å²) < 4.78 is 23.5. The highest BCUT2D eigenvalue weighted by molar-refractivity contribution is 7.91. The first-order valence-electron chi connectivity index (χ1n) is 9.43. The number of nitrogens with zero attached hydrogens (tertiary/aromatic N) is 2. The Hall–Kier alpha value is -1.89. The van der Waals surface area contributed by atoms with Crippen LogP contribution in [0, 0.1) is 5.92 Å². The summed E-state index contributed by atoms with van der Waals surface area (Å²) in [6.45, 7) is 8.60. The van der Waals surface area contributed by atoms with Gasteiger partial charge in [-0.15, -0.1) is 0 Å². The second-order valence-electron chi connectivity index (χ2n) is 7.83. The molecule has 0 unspecified atom stereocenters. The summed E-state index contributed by atoms with van der Waals surface area (Å²) in [5, 5.41) is 3.88. The van der Waals surface area contributed by atoms with Crippen molar-refractivity contribution in [2.75, 3.05) is 24.7 Å². The molecule has 0 aliphatic carbocycles. The summed E-state index contributed by atoms with van der Waals surface area (Å²) in [4.78, 5) is 19.4. The molecule has 2 rings (SSSR count). The number of rotatable bonds is 8. The summed E-state index contributed by atoms with van der Waals surface area (Å²) >= 11 is 0. The molecular weight excluding hydrogens is 364 g/mol. The number of sulfone groups is 1. The minimum Gasteiger partial charge on any atom is -0.386 e. The first-order chi connectivity index (χ1) is 12.7. The Morgan fingerprint density at radius 2 is 1.93 bits per heavy atom. The average molecular weight is 395 g/mol. The summed E-state index contributed by atoms with van der Waals surface area (Å²) in [5.41, 5.74) is 2.15. The molecule has 7 heteroatoms. The number of hydrogen-bond acceptors (Lipinski definition) is 5. The first kappa shape index (κ1) is 21.4. The van der Waals surface area contributed by atoms with Crippen LogP contribution in [0.5, 0.6) is 0 Å². The second kappa shape index (κ2) is 9.35. The normalized spacial score (nSPS) is 19.1. The fraction of sp³-hybridized carbons (Fsp3) is 0.600. The molecule has 1 saturated heterocycles. The van der Waals surface area contributed by atoms with Crippen molar-refractivity contribution < 1.29 is 18.0 Å². The van der Waals surface area contributed by atoms with Crippen LogP contribution >= 0.6 is 0 Å². The lowest BCUT2D eigenvalue weighted by molar-refractivity contribution is -0.138. The predicted octanol–water partition coefficient (Wildman–Crippen LogP) is 2.83. The Morgan fingerprint density at radius 3 is 2.44 bits per heavy atom. The van der Waals surface area contributed by atoms with Crippen molar-refractivity contribution in [2.24, 2.45) is 11.1 Å². The molecule has 0 saturated carbocycles. The zero-order valence-corrected chi connectivity index (χ0v) is 17.4. The zero-order valence-electron chi connectivity index (χ0n) is 16.6. The van der Waals surface area contributed by atoms with Crippen molar-refractivity contribution in [3.05, 3.63) is 35.4 Å². The van der Waals surface area contributed by atoms with Crippen molar-refractivity contribution in [1.29, 1.82) is 0 Å². The summed E-state index contributed by atoms with van der Waals surface area (Å²) in [6, 6.07) is 7.74. The van der Waals surface area contributed by atoms with E-state index < -0.39 is 9.84 Å². The Labute approximate surface area is 162 Å². The fourth-order valence-corrected chi connectivity index (χ4v) is 4.84. The van der Waals surface area contributed by atoms with E-state index in [1.807, 2.05) is 38.1 Å². The first-order valence-corrected chi connectivity index (χ1v) is 11.3. The van der Waals surface area contributed by atoms with E-state index in [1.54, 1.807) is 11.1 Å². The van der Waals surface area contributed by atoms with Gasteiger partial charge in [-0.25, -0.2) is 8.42 Å². The van der Waals surface area contributed by atoms with Gasteiger partial charge in [-0.05, 0) is 29.4 Å². The Kier molecular flexibility index (Phi) is 7.41. The quantitative estimate of drug-likeness (QED) is 0.502. The molecule has 1 aliphatic heterocycles. The second-order valence-corrected chi connectivity index (χ2v) is 10.1. The van der Waals surface area contributed by atoms with Crippen molar-refractivity contribution in [3.8, 4) is 0 Å². The van der Waals surface area contributed by atoms with Crippen LogP contribution in [0.15, 0.2) is 29.4 Å². The van der Waals surface area contributed by atoms with Gasteiger partial charge in [0.1, 0.15) is 0 Å². The van der Waals surface area contributed by atoms with E-state index in [9.17, 15) is 13.2 Å². The van der Waals surface area contributed by atoms with Gasteiger partial charge in [0.05, 0.1) is 17.7 Å². The third-order valence-corrected chi connectivity index (χ3v) is 6.35. The van der Waals surface area contributed by atoms with Crippen LogP contribution in [0.1, 0.15) is 51.2 Å². The molecule has 1 amide bonds. The van der Waals surface area contributed by atoms with Gasteiger partial charge in [-0.1, -0.05) is 57.1 Å². The van der Waals surface area contributed by atoms with Crippen LogP contribution in [-0.2, 0) is 19.5 Å². The minimum absolute atomic E-state index is 0.0386. The maximum absolute atomic E-state index is 12.5. The predicted molar refractivity (Wildman–Crippen MR) is 108 cm³/mol. The van der Waals surface area contributed by atoms with Gasteiger partial charge in [-0.2, -0.15) is 0 Å². The van der Waals surface area contributed by atoms with Crippen molar-refractivity contribution >= 4 is 22.0 Å². The maximum atomic E-state index is 12.5. The lowest BCUT2D eigenvalue weighted by atomic mass is 10.0. The third kappa shape index (κ3) is 6.65. The highest BCUT2D eigenvalue weighted by atomic mass is 32.2. The van der Waals surface area contributed by atoms with Crippen LogP contribution in [0.25, 0.3) is 0 Å². The number of carbonyl (C=O) groups excluding carboxylic acids is 1. The van der Waals surface area contributed by atoms with E-state index in [1.165, 1.54) is 5.56 Å². The highest BCUT2D eigenvalue weighted by Gasteiger charge is 2.34. The smallest absolute Gasteiger partial charge is 0.263 e. The molecule has 150 valence electrons. The van der Waals surface area contributed by atoms with Crippen molar-refractivity contribution in [2.45, 2.75) is 46.1 Å². The number of amides is 1. The van der Waals surface area contributed by atoms with Gasteiger partial charge in [0.15, 0.2) is 16.4 Å². The molecule has 1 atom stereocenters. The van der Waals surface area contributed by atoms with Crippen LogP contribution in [0.3, 0.4) is 0 Å². The minimum atomic E-state index is -3.05. The molecule has 1 heterocycles. The lowest BCUT2D eigenvalue weighted by Gasteiger charge is -2.29. The molecular formula is C20H30N2O4S. The third-order valence-electron chi connectivity index (χ3n) is 4.60. The molecule has 0 bridgehead atoms. The summed E-state index contributed by atoms with van der Waals surface area (Å²) in [7, 11) is -3.05. The molecule has 6 nitrogen and oxygen atoms in total. The number of hydrogen-bond donors (Lipinski definition) is 0. The largest absolute Gasteiger partial charge is 0.386 e. The maximum Gasteiger partial charge on any atom is 0.263 e. The number of oxime groups is 1. The van der Waals surface area contributed by atoms with Gasteiger partial charge in [0.2, 0.25) is 0 Å². The molecule has 0 radical (unpaired) electrons. The molecule has 1 aromatic rings. The van der Waals surface area contributed by atoms with E-state index >= 15 is 0 Å². The Morgan fingerprint density at radius 1 is 1.26 bits per heavy atom. The lowest BCUT2D eigenvalue weighted by Crippen LogP contribution is -2.44. The van der Waals surface area contributed by atoms with E-state index in [0.717, 1.165) is 5.56 Å². The average Bonchev–Trinajstić information content (AvgIpc) is 2.96. The van der Waals surface area contributed by atoms with Gasteiger partial charge in [-0.3, -0.25) is 4.79 Å². The van der Waals surface area contributed by atoms with Crippen molar-refractivity contribution in [3.63, 3.8) is 0 Å². The monoisotopic (exact) mass is 394 g/mol. The standard InChI is InChI=1S/C20H30N2O4S/c1-15(2)12-22(19-9-10-27(24,25)14-19)20(23)13-26-21-11-17-5-7-18(8-6-17)16(3)4/h5-8,11,15-16,19H,9-10,12-14H2,1-4H3/b21-11-/t19-/m1/s1. The van der Waals surface area contributed by atoms with Crippen LogP contribution in [-0.4, -0.2) is 56.1 Å². The van der Waals surface area contributed by atoms with Gasteiger partial charge < -0.3 is 9.74 Å². The molecule has 1 aliphatic rings. The molecule has 1 aromatic carbocycles. The Balaban J connectivity index is 1.91. The van der Waals surface area contributed by atoms with E-state index in [2.05, 4.69) is 19.0 Å². The van der Waals surface area contributed by atoms with Crippen molar-refractivity contribution in [1.82, 2.24) is 4.90 Å². The van der Waals surface area contributed by atoms with Crippen LogP contribution in [0.4, 0.5) is 0 Å². The topological polar surface area (TPSA) is 76.0 Å². The fourth-order valence-electron chi connectivity index (χ4n) is 3.11. The van der Waals surface area contributed by atoms with Gasteiger partial charge >= 0.3 is 0 Å². The molecule has 0 spiro atoms. The Bertz CT molecular complexity index is 755. The van der Waals surface area contributed by atoms with Gasteiger partial charge in [0.25, 0.3) is 5.91 Å².